The van der Waals surface area contributed by atoms with Crippen LogP contribution in [0.2, 0.25) is 0 Å². The minimum atomic E-state index is -0.640. The van der Waals surface area contributed by atoms with Crippen LogP contribution in [0.1, 0.15) is 50.8 Å². The normalized spacial score (nSPS) is 14.2. The molecule has 0 aliphatic carbocycles. The molecule has 0 N–H and O–H groups in total. The largest absolute Gasteiger partial charge is 0.497 e. The maximum Gasteiger partial charge on any atom is 0.262 e. The molecular weight excluding hydrogens is 444 g/mol. The Bertz CT molecular complexity index is 1650. The summed E-state index contributed by atoms with van der Waals surface area (Å²) in [5.74, 6) is 0.454. The number of methoxy groups -OCH3 is 1. The van der Waals surface area contributed by atoms with Gasteiger partial charge in [-0.15, -0.1) is 5.10 Å². The van der Waals surface area contributed by atoms with Gasteiger partial charge in [0, 0.05) is 11.8 Å². The van der Waals surface area contributed by atoms with Crippen molar-refractivity contribution in [2.45, 2.75) is 26.8 Å². The second-order valence-corrected chi connectivity index (χ2v) is 8.63. The maximum absolute atomic E-state index is 13.0. The number of carbonyl (C=O) groups excluding carboxylic acids is 2. The smallest absolute Gasteiger partial charge is 0.262 e. The fraction of sp³-hybridized carbons (Fsp3) is 0.192. The molecule has 5 aromatic rings. The predicted molar refractivity (Wildman–Crippen MR) is 129 cm³/mol. The number of rotatable bonds is 4. The number of carbonyl (C=O) groups is 2. The lowest BCUT2D eigenvalue weighted by molar-refractivity contribution is 0.0589. The van der Waals surface area contributed by atoms with Gasteiger partial charge in [0.05, 0.1) is 35.4 Å². The number of amides is 2. The Kier molecular flexibility index (Phi) is 4.50. The summed E-state index contributed by atoms with van der Waals surface area (Å²) in [6, 6.07) is 14.0. The van der Waals surface area contributed by atoms with Gasteiger partial charge in [-0.1, -0.05) is 18.2 Å². The summed E-state index contributed by atoms with van der Waals surface area (Å²) >= 11 is 0. The monoisotopic (exact) mass is 466 g/mol. The van der Waals surface area contributed by atoms with E-state index in [1.54, 1.807) is 49.1 Å². The van der Waals surface area contributed by atoms with E-state index in [0.29, 0.717) is 22.6 Å². The van der Waals surface area contributed by atoms with Crippen molar-refractivity contribution in [1.29, 1.82) is 0 Å². The third-order valence-corrected chi connectivity index (χ3v) is 6.75. The molecule has 0 bridgehead atoms. The zero-order valence-electron chi connectivity index (χ0n) is 19.7. The van der Waals surface area contributed by atoms with Gasteiger partial charge < -0.3 is 4.74 Å². The molecule has 1 aliphatic heterocycles. The molecule has 0 saturated heterocycles. The van der Waals surface area contributed by atoms with Crippen molar-refractivity contribution in [3.63, 3.8) is 0 Å². The number of hydrogen-bond donors (Lipinski definition) is 0. The number of hydrogen-bond acceptors (Lipinski definition) is 6. The minimum absolute atomic E-state index is 0.337. The first-order chi connectivity index (χ1) is 16.9. The van der Waals surface area contributed by atoms with Gasteiger partial charge in [0.1, 0.15) is 12.1 Å². The first-order valence-electron chi connectivity index (χ1n) is 11.2. The van der Waals surface area contributed by atoms with Gasteiger partial charge in [-0.25, -0.2) is 14.5 Å². The van der Waals surface area contributed by atoms with Crippen molar-refractivity contribution in [3.05, 3.63) is 83.1 Å². The second-order valence-electron chi connectivity index (χ2n) is 8.63. The molecule has 0 fully saturated rings. The van der Waals surface area contributed by atoms with E-state index in [1.807, 2.05) is 38.1 Å². The molecule has 174 valence electrons. The summed E-state index contributed by atoms with van der Waals surface area (Å²) in [7, 11) is 1.64. The van der Waals surface area contributed by atoms with Gasteiger partial charge >= 0.3 is 0 Å². The molecule has 9 heteroatoms. The highest BCUT2D eigenvalue weighted by Gasteiger charge is 2.40. The molecule has 2 amide bonds. The highest BCUT2D eigenvalue weighted by atomic mass is 16.5. The lowest BCUT2D eigenvalue weighted by atomic mass is 10.1. The Balaban J connectivity index is 1.48. The van der Waals surface area contributed by atoms with Crippen molar-refractivity contribution in [2.24, 2.45) is 0 Å². The molecule has 35 heavy (non-hydrogen) atoms. The minimum Gasteiger partial charge on any atom is -0.497 e. The van der Waals surface area contributed by atoms with E-state index < -0.39 is 6.04 Å². The second kappa shape index (κ2) is 7.49. The molecule has 1 aliphatic rings. The molecule has 0 saturated carbocycles. The average Bonchev–Trinajstić information content (AvgIpc) is 3.50. The third-order valence-electron chi connectivity index (χ3n) is 6.75. The van der Waals surface area contributed by atoms with E-state index in [4.69, 9.17) is 14.7 Å². The van der Waals surface area contributed by atoms with E-state index >= 15 is 0 Å². The van der Waals surface area contributed by atoms with Gasteiger partial charge in [0.15, 0.2) is 17.1 Å². The average molecular weight is 467 g/mol. The Morgan fingerprint density at radius 2 is 1.66 bits per heavy atom. The first-order valence-corrected chi connectivity index (χ1v) is 11.2. The van der Waals surface area contributed by atoms with Crippen LogP contribution in [0.15, 0.2) is 54.9 Å². The summed E-state index contributed by atoms with van der Waals surface area (Å²) in [5, 5.41) is 5.45. The highest BCUT2D eigenvalue weighted by Crippen LogP contribution is 2.33. The zero-order valence-corrected chi connectivity index (χ0v) is 19.7. The van der Waals surface area contributed by atoms with Crippen molar-refractivity contribution in [3.8, 4) is 11.4 Å². The molecule has 2 aromatic carbocycles. The maximum atomic E-state index is 13.0. The Hall–Kier alpha value is -4.53. The fourth-order valence-electron chi connectivity index (χ4n) is 4.79. The Morgan fingerprint density at radius 1 is 0.943 bits per heavy atom. The SMILES string of the molecule is COc1cccc(-n2c(C)c(C)c3c2ncn2nc([C@@H](C)N4C(=O)c5ccccc5C4=O)nc32)c1. The molecule has 0 spiro atoms. The van der Waals surface area contributed by atoms with Crippen LogP contribution in [0.25, 0.3) is 22.4 Å². The van der Waals surface area contributed by atoms with Gasteiger partial charge in [0.2, 0.25) is 0 Å². The van der Waals surface area contributed by atoms with Crippen molar-refractivity contribution in [2.75, 3.05) is 7.11 Å². The highest BCUT2D eigenvalue weighted by molar-refractivity contribution is 6.21. The Morgan fingerprint density at radius 3 is 2.34 bits per heavy atom. The molecule has 6 rings (SSSR count). The van der Waals surface area contributed by atoms with E-state index in [2.05, 4.69) is 9.67 Å². The summed E-state index contributed by atoms with van der Waals surface area (Å²) in [6.07, 6.45) is 1.61. The number of imide groups is 1. The molecule has 9 nitrogen and oxygen atoms in total. The number of benzene rings is 2. The summed E-state index contributed by atoms with van der Waals surface area (Å²) in [6.45, 7) is 5.82. The topological polar surface area (TPSA) is 94.6 Å². The molecule has 3 aromatic heterocycles. The van der Waals surface area contributed by atoms with E-state index in [1.165, 1.54) is 4.90 Å². The lowest BCUT2D eigenvalue weighted by Gasteiger charge is -2.19. The molecule has 1 atom stereocenters. The number of nitrogens with zero attached hydrogens (tertiary/aromatic N) is 6. The van der Waals surface area contributed by atoms with Gasteiger partial charge in [-0.3, -0.25) is 19.1 Å². The number of aromatic nitrogens is 5. The van der Waals surface area contributed by atoms with Crippen LogP contribution in [0.3, 0.4) is 0 Å². The van der Waals surface area contributed by atoms with Gasteiger partial charge in [-0.05, 0) is 50.6 Å². The summed E-state index contributed by atoms with van der Waals surface area (Å²) < 4.78 is 9.07. The standard InChI is InChI=1S/C26H22N6O3/c1-14-15(2)31(17-8-7-9-18(12-17)35-4)23-21(14)24-28-22(29-30(24)13-27-23)16(3)32-25(33)19-10-5-6-11-20(19)26(32)34/h5-13,16H,1-4H3/t16-/m1/s1. The lowest BCUT2D eigenvalue weighted by Crippen LogP contribution is -2.33. The number of fused-ring (bicyclic) bond motifs is 4. The van der Waals surface area contributed by atoms with E-state index in [9.17, 15) is 9.59 Å². The predicted octanol–water partition coefficient (Wildman–Crippen LogP) is 4.05. The van der Waals surface area contributed by atoms with Crippen molar-refractivity contribution in [1.82, 2.24) is 29.0 Å². The van der Waals surface area contributed by atoms with Crippen molar-refractivity contribution < 1.29 is 14.3 Å². The van der Waals surface area contributed by atoms with Crippen LogP contribution in [0.4, 0.5) is 0 Å². The quantitative estimate of drug-likeness (QED) is 0.371. The Labute approximate surface area is 200 Å². The zero-order chi connectivity index (χ0) is 24.4. The first kappa shape index (κ1) is 21.0. The van der Waals surface area contributed by atoms with Crippen LogP contribution < -0.4 is 4.74 Å². The fourth-order valence-corrected chi connectivity index (χ4v) is 4.79. The van der Waals surface area contributed by atoms with E-state index in [0.717, 1.165) is 33.7 Å². The molecular formula is C26H22N6O3. The van der Waals surface area contributed by atoms with Crippen LogP contribution in [0.5, 0.6) is 5.75 Å². The van der Waals surface area contributed by atoms with Gasteiger partial charge in [0.25, 0.3) is 11.8 Å². The molecule has 0 unspecified atom stereocenters. The third kappa shape index (κ3) is 2.91. The van der Waals surface area contributed by atoms with Crippen LogP contribution in [-0.2, 0) is 0 Å². The number of aryl methyl sites for hydroxylation is 1. The van der Waals surface area contributed by atoms with Crippen LogP contribution in [0, 0.1) is 13.8 Å². The van der Waals surface area contributed by atoms with Gasteiger partial charge in [-0.2, -0.15) is 0 Å². The molecule has 4 heterocycles. The molecule has 0 radical (unpaired) electrons. The van der Waals surface area contributed by atoms with Crippen LogP contribution in [-0.4, -0.2) is 48.0 Å². The number of ether oxygens (including phenoxy) is 1. The van der Waals surface area contributed by atoms with Crippen LogP contribution >= 0.6 is 0 Å². The van der Waals surface area contributed by atoms with Crippen molar-refractivity contribution >= 4 is 28.5 Å². The summed E-state index contributed by atoms with van der Waals surface area (Å²) in [4.78, 5) is 36.7. The van der Waals surface area contributed by atoms with E-state index in [-0.39, 0.29) is 11.8 Å². The summed E-state index contributed by atoms with van der Waals surface area (Å²) in [5.41, 5.74) is 5.14.